The van der Waals surface area contributed by atoms with Crippen LogP contribution in [0.5, 0.6) is 5.75 Å². The molecule has 3 heteroatoms. The molecular formula is C17H28N2O. The smallest absolute Gasteiger partial charge is 0.129 e. The number of ether oxygens (including phenoxy) is 1. The molecule has 2 rings (SSSR count). The van der Waals surface area contributed by atoms with Crippen LogP contribution in [0.25, 0.3) is 0 Å². The summed E-state index contributed by atoms with van der Waals surface area (Å²) in [5.41, 5.74) is 0.388. The molecule has 0 aliphatic heterocycles. The normalized spacial score (nSPS) is 25.2. The van der Waals surface area contributed by atoms with Gasteiger partial charge in [-0.1, -0.05) is 27.7 Å². The van der Waals surface area contributed by atoms with Gasteiger partial charge in [0.2, 0.25) is 0 Å². The number of anilines is 1. The van der Waals surface area contributed by atoms with E-state index in [-0.39, 0.29) is 0 Å². The van der Waals surface area contributed by atoms with Crippen LogP contribution in [0.1, 0.15) is 53.4 Å². The lowest BCUT2D eigenvalue weighted by molar-refractivity contribution is 0.0562. The number of rotatable bonds is 5. The molecule has 0 aromatic carbocycles. The van der Waals surface area contributed by atoms with E-state index in [2.05, 4.69) is 38.0 Å². The third kappa shape index (κ3) is 4.39. The average molecular weight is 276 g/mol. The predicted molar refractivity (Wildman–Crippen MR) is 84.2 cm³/mol. The van der Waals surface area contributed by atoms with Crippen LogP contribution in [-0.2, 0) is 0 Å². The minimum Gasteiger partial charge on any atom is -0.490 e. The molecule has 112 valence electrons. The molecule has 0 saturated heterocycles. The maximum Gasteiger partial charge on any atom is 0.129 e. The van der Waals surface area contributed by atoms with Crippen molar-refractivity contribution in [2.75, 3.05) is 11.9 Å². The van der Waals surface area contributed by atoms with Crippen LogP contribution < -0.4 is 10.1 Å². The number of nitrogens with one attached hydrogen (secondary N) is 1. The molecule has 0 amide bonds. The van der Waals surface area contributed by atoms with Gasteiger partial charge in [0, 0.05) is 18.8 Å². The van der Waals surface area contributed by atoms with Crippen molar-refractivity contribution in [3.05, 3.63) is 18.3 Å². The molecule has 20 heavy (non-hydrogen) atoms. The highest BCUT2D eigenvalue weighted by atomic mass is 16.5. The molecule has 1 saturated carbocycles. The summed E-state index contributed by atoms with van der Waals surface area (Å²) < 4.78 is 6.20. The quantitative estimate of drug-likeness (QED) is 0.860. The predicted octanol–water partition coefficient (Wildman–Crippen LogP) is 4.50. The average Bonchev–Trinajstić information content (AvgIpc) is 2.34. The van der Waals surface area contributed by atoms with Crippen LogP contribution in [0.3, 0.4) is 0 Å². The monoisotopic (exact) mass is 276 g/mol. The first-order chi connectivity index (χ1) is 9.48. The highest BCUT2D eigenvalue weighted by Crippen LogP contribution is 2.40. The fourth-order valence-electron chi connectivity index (χ4n) is 3.37. The number of nitrogens with zero attached hydrogens (tertiary/aromatic N) is 1. The Balaban J connectivity index is 1.98. The van der Waals surface area contributed by atoms with E-state index < -0.39 is 0 Å². The Morgan fingerprint density at radius 1 is 1.40 bits per heavy atom. The van der Waals surface area contributed by atoms with Crippen LogP contribution >= 0.6 is 0 Å². The molecule has 1 aliphatic carbocycles. The van der Waals surface area contributed by atoms with Gasteiger partial charge in [-0.25, -0.2) is 4.98 Å². The van der Waals surface area contributed by atoms with Gasteiger partial charge >= 0.3 is 0 Å². The molecule has 1 fully saturated rings. The van der Waals surface area contributed by atoms with Crippen molar-refractivity contribution in [1.82, 2.24) is 4.98 Å². The number of pyridine rings is 1. The number of aromatic nitrogens is 1. The third-order valence-corrected chi connectivity index (χ3v) is 3.94. The van der Waals surface area contributed by atoms with Gasteiger partial charge in [0.1, 0.15) is 11.6 Å². The van der Waals surface area contributed by atoms with Crippen molar-refractivity contribution < 1.29 is 4.74 Å². The summed E-state index contributed by atoms with van der Waals surface area (Å²) in [7, 11) is 0. The molecular weight excluding hydrogens is 248 g/mol. The molecule has 0 bridgehead atoms. The summed E-state index contributed by atoms with van der Waals surface area (Å²) in [4.78, 5) is 4.32. The largest absolute Gasteiger partial charge is 0.490 e. The first kappa shape index (κ1) is 15.1. The van der Waals surface area contributed by atoms with E-state index in [1.165, 1.54) is 6.42 Å². The summed E-state index contributed by atoms with van der Waals surface area (Å²) in [6.07, 6.45) is 6.84. The van der Waals surface area contributed by atoms with E-state index in [4.69, 9.17) is 4.74 Å². The van der Waals surface area contributed by atoms with E-state index in [1.807, 2.05) is 18.3 Å². The number of hydrogen-bond donors (Lipinski definition) is 1. The second-order valence-electron chi connectivity index (χ2n) is 6.96. The first-order valence-corrected chi connectivity index (χ1v) is 7.85. The molecule has 0 spiro atoms. The summed E-state index contributed by atoms with van der Waals surface area (Å²) in [6, 6.07) is 3.98. The molecule has 0 radical (unpaired) electrons. The molecule has 1 aromatic rings. The van der Waals surface area contributed by atoms with Crippen molar-refractivity contribution in [2.45, 2.75) is 59.5 Å². The zero-order valence-corrected chi connectivity index (χ0v) is 13.3. The van der Waals surface area contributed by atoms with E-state index in [0.29, 0.717) is 11.5 Å². The zero-order valence-electron chi connectivity index (χ0n) is 13.3. The van der Waals surface area contributed by atoms with Crippen molar-refractivity contribution >= 4 is 5.82 Å². The highest BCUT2D eigenvalue weighted by Gasteiger charge is 2.33. The Bertz CT molecular complexity index is 431. The lowest BCUT2D eigenvalue weighted by atomic mass is 9.71. The van der Waals surface area contributed by atoms with Crippen LogP contribution in [0, 0.1) is 11.3 Å². The summed E-state index contributed by atoms with van der Waals surface area (Å²) in [5.74, 6) is 2.59. The van der Waals surface area contributed by atoms with Gasteiger partial charge in [-0.15, -0.1) is 0 Å². The van der Waals surface area contributed by atoms with E-state index in [1.54, 1.807) is 0 Å². The Hall–Kier alpha value is -1.25. The van der Waals surface area contributed by atoms with Crippen molar-refractivity contribution in [3.8, 4) is 5.75 Å². The van der Waals surface area contributed by atoms with E-state index in [0.717, 1.165) is 43.3 Å². The van der Waals surface area contributed by atoms with Gasteiger partial charge in [-0.2, -0.15) is 0 Å². The Kier molecular flexibility index (Phi) is 4.90. The van der Waals surface area contributed by atoms with Gasteiger partial charge < -0.3 is 10.1 Å². The zero-order chi connectivity index (χ0) is 14.6. The fourth-order valence-corrected chi connectivity index (χ4v) is 3.37. The number of hydrogen-bond acceptors (Lipinski definition) is 3. The maximum atomic E-state index is 6.20. The summed E-state index contributed by atoms with van der Waals surface area (Å²) in [6.45, 7) is 10.1. The second-order valence-corrected chi connectivity index (χ2v) is 6.96. The second kappa shape index (κ2) is 6.47. The molecule has 1 aromatic heterocycles. The molecule has 1 heterocycles. The lowest BCUT2D eigenvalue weighted by Crippen LogP contribution is -2.34. The maximum absolute atomic E-state index is 6.20. The lowest BCUT2D eigenvalue weighted by Gasteiger charge is -2.38. The first-order valence-electron chi connectivity index (χ1n) is 7.85. The highest BCUT2D eigenvalue weighted by molar-refractivity contribution is 5.40. The Morgan fingerprint density at radius 2 is 2.20 bits per heavy atom. The van der Waals surface area contributed by atoms with Crippen LogP contribution in [0.15, 0.2) is 18.3 Å². The van der Waals surface area contributed by atoms with Crippen LogP contribution in [-0.4, -0.2) is 17.6 Å². The van der Waals surface area contributed by atoms with Gasteiger partial charge in [-0.3, -0.25) is 0 Å². The van der Waals surface area contributed by atoms with Gasteiger partial charge in [0.15, 0.2) is 0 Å². The Labute approximate surface area is 123 Å². The molecule has 2 unspecified atom stereocenters. The molecule has 2 atom stereocenters. The van der Waals surface area contributed by atoms with Gasteiger partial charge in [-0.05, 0) is 43.1 Å². The van der Waals surface area contributed by atoms with Crippen LogP contribution in [0.2, 0.25) is 0 Å². The van der Waals surface area contributed by atoms with Gasteiger partial charge in [0.05, 0.1) is 6.10 Å². The topological polar surface area (TPSA) is 34.1 Å². The van der Waals surface area contributed by atoms with Crippen molar-refractivity contribution in [3.63, 3.8) is 0 Å². The minimum absolute atomic E-state index is 0.329. The molecule has 3 nitrogen and oxygen atoms in total. The third-order valence-electron chi connectivity index (χ3n) is 3.94. The van der Waals surface area contributed by atoms with Crippen LogP contribution in [0.4, 0.5) is 5.82 Å². The van der Waals surface area contributed by atoms with E-state index in [9.17, 15) is 0 Å². The standard InChI is InChI=1S/C17H28N2O/c1-5-7-18-16-10-14(6-8-19-16)20-15-9-13(2)11-17(3,4)12-15/h6,8,10,13,15H,5,7,9,11-12H2,1-4H3,(H,18,19). The van der Waals surface area contributed by atoms with Crippen molar-refractivity contribution in [1.29, 1.82) is 0 Å². The van der Waals surface area contributed by atoms with Gasteiger partial charge in [0.25, 0.3) is 0 Å². The molecule has 1 N–H and O–H groups in total. The SMILES string of the molecule is CCCNc1cc(OC2CC(C)CC(C)(C)C2)ccn1. The fraction of sp³-hybridized carbons (Fsp3) is 0.706. The Morgan fingerprint density at radius 3 is 2.90 bits per heavy atom. The molecule has 1 aliphatic rings. The van der Waals surface area contributed by atoms with E-state index >= 15 is 0 Å². The summed E-state index contributed by atoms with van der Waals surface area (Å²) >= 11 is 0. The minimum atomic E-state index is 0.329. The summed E-state index contributed by atoms with van der Waals surface area (Å²) in [5, 5.41) is 3.31. The van der Waals surface area contributed by atoms with Crippen molar-refractivity contribution in [2.24, 2.45) is 11.3 Å².